The van der Waals surface area contributed by atoms with Gasteiger partial charge in [-0.2, -0.15) is 4.98 Å². The first-order chi connectivity index (χ1) is 12.1. The maximum Gasteiger partial charge on any atom is 0.339 e. The van der Waals surface area contributed by atoms with Crippen LogP contribution in [0.15, 0.2) is 27.4 Å². The first-order valence-electron chi connectivity index (χ1n) is 8.15. The van der Waals surface area contributed by atoms with Crippen LogP contribution < -0.4 is 11.2 Å². The minimum atomic E-state index is -1.29. The molecular weight excluding hydrogens is 339 g/mol. The van der Waals surface area contributed by atoms with E-state index < -0.39 is 17.2 Å². The molecule has 0 aliphatic heterocycles. The van der Waals surface area contributed by atoms with E-state index in [1.165, 1.54) is 6.07 Å². The molecule has 7 heteroatoms. The van der Waals surface area contributed by atoms with Gasteiger partial charge in [-0.25, -0.2) is 9.18 Å². The molecule has 0 aliphatic carbocycles. The normalized spacial score (nSPS) is 12.0. The second-order valence-corrected chi connectivity index (χ2v) is 7.51. The summed E-state index contributed by atoms with van der Waals surface area (Å²) in [6.45, 7) is 6.16. The number of fused-ring (bicyclic) bond motifs is 2. The Morgan fingerprint density at radius 2 is 1.96 bits per heavy atom. The summed E-state index contributed by atoms with van der Waals surface area (Å²) in [5, 5.41) is 9.34. The Hall–Kier alpha value is -2.96. The molecule has 26 heavy (non-hydrogen) atoms. The molecule has 1 aromatic carbocycles. The number of benzene rings is 1. The number of halogens is 1. The lowest BCUT2D eigenvalue weighted by atomic mass is 9.88. The van der Waals surface area contributed by atoms with E-state index in [9.17, 15) is 14.0 Å². The average molecular weight is 358 g/mol. The molecular formula is C19H19FN2O4. The van der Waals surface area contributed by atoms with Crippen LogP contribution in [0.1, 0.15) is 43.1 Å². The van der Waals surface area contributed by atoms with E-state index >= 15 is 0 Å². The van der Waals surface area contributed by atoms with Crippen LogP contribution in [-0.4, -0.2) is 16.1 Å². The Balaban J connectivity index is 2.23. The number of carbonyl (C=O) groups is 1. The third kappa shape index (κ3) is 3.24. The van der Waals surface area contributed by atoms with Crippen LogP contribution in [0.3, 0.4) is 0 Å². The third-order valence-corrected chi connectivity index (χ3v) is 4.24. The molecule has 0 saturated heterocycles. The molecule has 0 bridgehead atoms. The maximum absolute atomic E-state index is 14.4. The Morgan fingerprint density at radius 3 is 2.58 bits per heavy atom. The van der Waals surface area contributed by atoms with Gasteiger partial charge in [0.15, 0.2) is 0 Å². The molecule has 0 unspecified atom stereocenters. The number of rotatable bonds is 3. The Bertz CT molecular complexity index is 1100. The smallest absolute Gasteiger partial charge is 0.339 e. The van der Waals surface area contributed by atoms with Crippen LogP contribution in [0.2, 0.25) is 0 Å². The quantitative estimate of drug-likeness (QED) is 0.691. The van der Waals surface area contributed by atoms with Crippen molar-refractivity contribution in [2.75, 3.05) is 5.73 Å². The first-order valence-corrected chi connectivity index (χ1v) is 8.15. The zero-order chi connectivity index (χ0) is 19.2. The predicted molar refractivity (Wildman–Crippen MR) is 96.9 cm³/mol. The van der Waals surface area contributed by atoms with E-state index in [0.29, 0.717) is 12.0 Å². The molecule has 6 nitrogen and oxygen atoms in total. The van der Waals surface area contributed by atoms with Gasteiger partial charge in [0.2, 0.25) is 11.1 Å². The van der Waals surface area contributed by atoms with Gasteiger partial charge in [-0.15, -0.1) is 0 Å². The van der Waals surface area contributed by atoms with Gasteiger partial charge in [-0.3, -0.25) is 4.79 Å². The minimum Gasteiger partial charge on any atom is -0.478 e. The van der Waals surface area contributed by atoms with Gasteiger partial charge in [0.05, 0.1) is 10.8 Å². The molecule has 0 atom stereocenters. The number of nitrogens with two attached hydrogens (primary N) is 1. The van der Waals surface area contributed by atoms with E-state index in [1.54, 1.807) is 0 Å². The number of carboxylic acids is 1. The van der Waals surface area contributed by atoms with E-state index in [2.05, 4.69) is 25.8 Å². The fraction of sp³-hybridized carbons (Fsp3) is 0.316. The highest BCUT2D eigenvalue weighted by molar-refractivity contribution is 5.98. The lowest BCUT2D eigenvalue weighted by Gasteiger charge is -2.18. The summed E-state index contributed by atoms with van der Waals surface area (Å²) in [5.41, 5.74) is 5.22. The van der Waals surface area contributed by atoms with Gasteiger partial charge in [0.25, 0.3) is 0 Å². The number of nitrogens with zero attached hydrogens (tertiary/aromatic N) is 1. The van der Waals surface area contributed by atoms with Gasteiger partial charge in [0.1, 0.15) is 22.8 Å². The fourth-order valence-corrected chi connectivity index (χ4v) is 2.73. The number of aryl methyl sites for hydroxylation is 1. The molecule has 0 fully saturated rings. The molecule has 0 aliphatic rings. The number of aromatic nitrogens is 1. The highest BCUT2D eigenvalue weighted by Crippen LogP contribution is 2.26. The van der Waals surface area contributed by atoms with Crippen LogP contribution in [0.4, 0.5) is 10.2 Å². The van der Waals surface area contributed by atoms with Crippen LogP contribution in [0, 0.1) is 11.2 Å². The maximum atomic E-state index is 14.4. The van der Waals surface area contributed by atoms with E-state index in [0.717, 1.165) is 18.6 Å². The molecule has 2 heterocycles. The second kappa shape index (κ2) is 6.09. The molecule has 0 saturated carbocycles. The molecule has 0 radical (unpaired) electrons. The summed E-state index contributed by atoms with van der Waals surface area (Å²) >= 11 is 0. The standard InChI is InChI=1S/C19H19FN2O4/c1-19(2,3)5-4-9-6-10-14(8-13(9)20)26-17-11(15(10)23)7-12(18(24)25)16(21)22-17/h6-8H,4-5H2,1-3H3,(H2,21,22)(H,24,25). The summed E-state index contributed by atoms with van der Waals surface area (Å²) in [5.74, 6) is -2.02. The van der Waals surface area contributed by atoms with E-state index in [-0.39, 0.29) is 38.9 Å². The number of aromatic carboxylic acids is 1. The Kier molecular flexibility index (Phi) is 4.18. The molecule has 2 aromatic heterocycles. The van der Waals surface area contributed by atoms with Crippen LogP contribution in [-0.2, 0) is 6.42 Å². The number of pyridine rings is 1. The first kappa shape index (κ1) is 17.8. The predicted octanol–water partition coefficient (Wildman–Crippen LogP) is 3.74. The summed E-state index contributed by atoms with van der Waals surface area (Å²) < 4.78 is 19.9. The van der Waals surface area contributed by atoms with Crippen molar-refractivity contribution in [3.63, 3.8) is 0 Å². The van der Waals surface area contributed by atoms with Gasteiger partial charge < -0.3 is 15.3 Å². The van der Waals surface area contributed by atoms with Gasteiger partial charge in [-0.05, 0) is 36.0 Å². The molecule has 3 rings (SSSR count). The average Bonchev–Trinajstić information content (AvgIpc) is 2.51. The van der Waals surface area contributed by atoms with E-state index in [4.69, 9.17) is 15.3 Å². The summed E-state index contributed by atoms with van der Waals surface area (Å²) in [6, 6.07) is 3.78. The summed E-state index contributed by atoms with van der Waals surface area (Å²) in [6.07, 6.45) is 1.22. The lowest BCUT2D eigenvalue weighted by Crippen LogP contribution is -2.11. The topological polar surface area (TPSA) is 106 Å². The lowest BCUT2D eigenvalue weighted by molar-refractivity contribution is 0.0698. The van der Waals surface area contributed by atoms with Crippen LogP contribution in [0.5, 0.6) is 0 Å². The third-order valence-electron chi connectivity index (χ3n) is 4.24. The summed E-state index contributed by atoms with van der Waals surface area (Å²) in [7, 11) is 0. The van der Waals surface area contributed by atoms with Gasteiger partial charge in [-0.1, -0.05) is 20.8 Å². The molecule has 3 N–H and O–H groups in total. The van der Waals surface area contributed by atoms with Crippen molar-refractivity contribution in [2.24, 2.45) is 5.41 Å². The molecule has 136 valence electrons. The number of anilines is 1. The fourth-order valence-electron chi connectivity index (χ4n) is 2.73. The van der Waals surface area contributed by atoms with Crippen molar-refractivity contribution >= 4 is 33.9 Å². The molecule has 0 spiro atoms. The Morgan fingerprint density at radius 1 is 1.27 bits per heavy atom. The van der Waals surface area contributed by atoms with Crippen molar-refractivity contribution in [1.29, 1.82) is 0 Å². The number of carboxylic acid groups (broad SMARTS) is 1. The number of nitrogen functional groups attached to an aromatic ring is 1. The Labute approximate surface area is 148 Å². The van der Waals surface area contributed by atoms with Crippen molar-refractivity contribution < 1.29 is 18.7 Å². The van der Waals surface area contributed by atoms with Crippen LogP contribution >= 0.6 is 0 Å². The largest absolute Gasteiger partial charge is 0.478 e. The SMILES string of the molecule is CC(C)(C)CCc1cc2c(=O)c3cc(C(=O)O)c(N)nc3oc2cc1F. The van der Waals surface area contributed by atoms with Crippen molar-refractivity contribution in [3.8, 4) is 0 Å². The highest BCUT2D eigenvalue weighted by atomic mass is 19.1. The van der Waals surface area contributed by atoms with E-state index in [1.807, 2.05) is 0 Å². The minimum absolute atomic E-state index is 0.00233. The van der Waals surface area contributed by atoms with Gasteiger partial charge >= 0.3 is 5.97 Å². The molecule has 0 amide bonds. The highest BCUT2D eigenvalue weighted by Gasteiger charge is 2.18. The number of hydrogen-bond acceptors (Lipinski definition) is 5. The number of hydrogen-bond donors (Lipinski definition) is 2. The van der Waals surface area contributed by atoms with Crippen LogP contribution in [0.25, 0.3) is 22.1 Å². The summed E-state index contributed by atoms with van der Waals surface area (Å²) in [4.78, 5) is 27.8. The van der Waals surface area contributed by atoms with Crippen molar-refractivity contribution in [2.45, 2.75) is 33.6 Å². The van der Waals surface area contributed by atoms with Gasteiger partial charge in [0, 0.05) is 6.07 Å². The zero-order valence-corrected chi connectivity index (χ0v) is 14.7. The second-order valence-electron chi connectivity index (χ2n) is 7.51. The monoisotopic (exact) mass is 358 g/mol. The van der Waals surface area contributed by atoms with Crippen molar-refractivity contribution in [3.05, 3.63) is 45.4 Å². The zero-order valence-electron chi connectivity index (χ0n) is 14.7. The van der Waals surface area contributed by atoms with Crippen molar-refractivity contribution in [1.82, 2.24) is 4.98 Å². The molecule has 3 aromatic rings.